The first-order valence-corrected chi connectivity index (χ1v) is 18.7. The Morgan fingerprint density at radius 2 is 1.72 bits per heavy atom. The lowest BCUT2D eigenvalue weighted by Gasteiger charge is -2.28. The van der Waals surface area contributed by atoms with Crippen LogP contribution in [0.25, 0.3) is 10.4 Å². The maximum atomic E-state index is 13.3. The molecular formula is C39H53N5O5S. The molecule has 1 aliphatic heterocycles. The fraction of sp³-hybridized carbons (Fsp3) is 0.513. The molecule has 3 aromatic rings. The molecule has 0 spiro atoms. The molecule has 0 unspecified atom stereocenters. The number of amides is 2. The summed E-state index contributed by atoms with van der Waals surface area (Å²) in [5.41, 5.74) is 9.66. The predicted molar refractivity (Wildman–Crippen MR) is 198 cm³/mol. The minimum absolute atomic E-state index is 0.0255. The van der Waals surface area contributed by atoms with Gasteiger partial charge in [0.25, 0.3) is 5.91 Å². The molecule has 2 aliphatic rings. The van der Waals surface area contributed by atoms with Gasteiger partial charge in [-0.25, -0.2) is 4.79 Å². The molecule has 0 bridgehead atoms. The number of thiophene rings is 1. The number of nitrogens with one attached hydrogen (secondary N) is 4. The minimum Gasteiger partial charge on any atom is -0.488 e. The molecular weight excluding hydrogens is 651 g/mol. The van der Waals surface area contributed by atoms with Crippen LogP contribution in [0, 0.1) is 18.8 Å². The fourth-order valence-corrected chi connectivity index (χ4v) is 7.12. The standard InChI is InChI=1S/C39H53N5O5S/c1-22(2)35(40)38(46)44-36(23(3)4)39(47)49-29-13-11-28(17-29)42-21-32-14-15-34(50-32)27-9-7-8-26(16-27)25(6)43-37(45)33-18-30(12-10-24(33)5)48-31-19-41-20-31/h7-10,12,14-16,18,22-23,25,28-29,31,35-36,41-42H,11,13,17,19-21,40H2,1-6H3,(H,43,45)(H,44,46)/t25-,28+,29-,35+,36+/m1/s1. The Kier molecular flexibility index (Phi) is 12.7. The van der Waals surface area contributed by atoms with E-state index < -0.39 is 18.1 Å². The molecule has 0 radical (unpaired) electrons. The van der Waals surface area contributed by atoms with Gasteiger partial charge in [0.15, 0.2) is 0 Å². The van der Waals surface area contributed by atoms with Crippen LogP contribution in [0.4, 0.5) is 0 Å². The summed E-state index contributed by atoms with van der Waals surface area (Å²) in [5.74, 6) is -0.272. The maximum Gasteiger partial charge on any atom is 0.329 e. The van der Waals surface area contributed by atoms with E-state index in [4.69, 9.17) is 15.2 Å². The van der Waals surface area contributed by atoms with Gasteiger partial charge in [-0.05, 0) is 92.0 Å². The van der Waals surface area contributed by atoms with Crippen molar-refractivity contribution in [2.75, 3.05) is 13.1 Å². The van der Waals surface area contributed by atoms with E-state index in [1.165, 1.54) is 4.88 Å². The van der Waals surface area contributed by atoms with Crippen LogP contribution in [-0.2, 0) is 20.9 Å². The third-order valence-corrected chi connectivity index (χ3v) is 10.8. The molecule has 1 saturated carbocycles. The average molecular weight is 704 g/mol. The summed E-state index contributed by atoms with van der Waals surface area (Å²) in [5, 5.41) is 12.8. The highest BCUT2D eigenvalue weighted by molar-refractivity contribution is 7.15. The lowest BCUT2D eigenvalue weighted by Crippen LogP contribution is -2.52. The number of hydrogen-bond donors (Lipinski definition) is 5. The molecule has 10 nitrogen and oxygen atoms in total. The van der Waals surface area contributed by atoms with Gasteiger partial charge in [-0.3, -0.25) is 9.59 Å². The lowest BCUT2D eigenvalue weighted by atomic mass is 10.0. The van der Waals surface area contributed by atoms with Crippen molar-refractivity contribution >= 4 is 29.1 Å². The molecule has 6 N–H and O–H groups in total. The Morgan fingerprint density at radius 3 is 2.42 bits per heavy atom. The Morgan fingerprint density at radius 1 is 0.940 bits per heavy atom. The monoisotopic (exact) mass is 703 g/mol. The summed E-state index contributed by atoms with van der Waals surface area (Å²) in [6.07, 6.45) is 2.38. The lowest BCUT2D eigenvalue weighted by molar-refractivity contribution is -0.154. The largest absolute Gasteiger partial charge is 0.488 e. The molecule has 5 rings (SSSR count). The number of ether oxygens (including phenoxy) is 2. The first-order chi connectivity index (χ1) is 23.9. The van der Waals surface area contributed by atoms with Gasteiger partial charge in [0.1, 0.15) is 24.0 Å². The van der Waals surface area contributed by atoms with Gasteiger partial charge in [0.05, 0.1) is 12.1 Å². The van der Waals surface area contributed by atoms with Gasteiger partial charge < -0.3 is 36.5 Å². The topological polar surface area (TPSA) is 144 Å². The second kappa shape index (κ2) is 17.0. The molecule has 270 valence electrons. The van der Waals surface area contributed by atoms with Gasteiger partial charge in [-0.1, -0.05) is 52.0 Å². The van der Waals surface area contributed by atoms with Crippen LogP contribution < -0.4 is 31.7 Å². The van der Waals surface area contributed by atoms with E-state index in [0.29, 0.717) is 11.3 Å². The Balaban J connectivity index is 1.11. The van der Waals surface area contributed by atoms with E-state index >= 15 is 0 Å². The third-order valence-electron chi connectivity index (χ3n) is 9.65. The number of esters is 1. The molecule has 1 aliphatic carbocycles. The van der Waals surface area contributed by atoms with E-state index in [0.717, 1.165) is 60.5 Å². The summed E-state index contributed by atoms with van der Waals surface area (Å²) < 4.78 is 11.8. The minimum atomic E-state index is -0.725. The zero-order chi connectivity index (χ0) is 35.9. The van der Waals surface area contributed by atoms with Crippen molar-refractivity contribution in [2.45, 2.75) is 104 Å². The summed E-state index contributed by atoms with van der Waals surface area (Å²) in [7, 11) is 0. The molecule has 2 amide bonds. The maximum absolute atomic E-state index is 13.3. The Labute approximate surface area is 300 Å². The van der Waals surface area contributed by atoms with Crippen LogP contribution in [0.15, 0.2) is 54.6 Å². The average Bonchev–Trinajstić information content (AvgIpc) is 3.73. The summed E-state index contributed by atoms with van der Waals surface area (Å²) in [4.78, 5) is 41.2. The smallest absolute Gasteiger partial charge is 0.329 e. The van der Waals surface area contributed by atoms with E-state index in [-0.39, 0.29) is 47.9 Å². The number of hydrogen-bond acceptors (Lipinski definition) is 9. The van der Waals surface area contributed by atoms with Crippen LogP contribution in [0.3, 0.4) is 0 Å². The molecule has 2 fully saturated rings. The van der Waals surface area contributed by atoms with E-state index in [9.17, 15) is 14.4 Å². The van der Waals surface area contributed by atoms with Crippen molar-refractivity contribution in [3.8, 4) is 16.2 Å². The molecule has 1 aromatic heterocycles. The van der Waals surface area contributed by atoms with E-state index in [2.05, 4.69) is 45.5 Å². The highest BCUT2D eigenvalue weighted by Gasteiger charge is 2.33. The molecule has 1 saturated heterocycles. The Bertz CT molecular complexity index is 1640. The van der Waals surface area contributed by atoms with Crippen molar-refractivity contribution in [1.82, 2.24) is 21.3 Å². The number of rotatable bonds is 15. The highest BCUT2D eigenvalue weighted by atomic mass is 32.1. The first kappa shape index (κ1) is 37.5. The van der Waals surface area contributed by atoms with Crippen molar-refractivity contribution in [1.29, 1.82) is 0 Å². The van der Waals surface area contributed by atoms with Gasteiger partial charge in [-0.15, -0.1) is 11.3 Å². The summed E-state index contributed by atoms with van der Waals surface area (Å²) in [6, 6.07) is 16.9. The van der Waals surface area contributed by atoms with Gasteiger partial charge >= 0.3 is 5.97 Å². The van der Waals surface area contributed by atoms with Crippen molar-refractivity contribution in [3.63, 3.8) is 0 Å². The van der Waals surface area contributed by atoms with E-state index in [1.54, 1.807) is 11.3 Å². The van der Waals surface area contributed by atoms with Crippen LogP contribution in [-0.4, -0.2) is 61.2 Å². The number of carbonyl (C=O) groups excluding carboxylic acids is 3. The van der Waals surface area contributed by atoms with Crippen LogP contribution >= 0.6 is 11.3 Å². The molecule has 11 heteroatoms. The molecule has 5 atom stereocenters. The van der Waals surface area contributed by atoms with Crippen LogP contribution in [0.5, 0.6) is 5.75 Å². The number of carbonyl (C=O) groups is 3. The summed E-state index contributed by atoms with van der Waals surface area (Å²) >= 11 is 1.74. The van der Waals surface area contributed by atoms with Crippen molar-refractivity contribution in [2.24, 2.45) is 17.6 Å². The van der Waals surface area contributed by atoms with Gasteiger partial charge in [0, 0.05) is 41.0 Å². The predicted octanol–water partition coefficient (Wildman–Crippen LogP) is 5.24. The zero-order valence-corrected chi connectivity index (χ0v) is 30.9. The van der Waals surface area contributed by atoms with Crippen LogP contribution in [0.1, 0.15) is 86.3 Å². The molecule has 2 aromatic carbocycles. The SMILES string of the molecule is Cc1ccc(OC2CNC2)cc1C(=O)N[C@H](C)c1cccc(-c2ccc(CN[C@H]3CC[C@@H](OC(=O)[C@@H](NC(=O)[C@@H](N)C(C)C)C(C)C)C3)s2)c1. The number of aryl methyl sites for hydroxylation is 1. The van der Waals surface area contributed by atoms with Gasteiger partial charge in [0.2, 0.25) is 5.91 Å². The quantitative estimate of drug-likeness (QED) is 0.135. The molecule has 50 heavy (non-hydrogen) atoms. The summed E-state index contributed by atoms with van der Waals surface area (Å²) in [6.45, 7) is 13.9. The van der Waals surface area contributed by atoms with Crippen LogP contribution in [0.2, 0.25) is 0 Å². The van der Waals surface area contributed by atoms with Crippen molar-refractivity contribution in [3.05, 3.63) is 76.2 Å². The van der Waals surface area contributed by atoms with Crippen molar-refractivity contribution < 1.29 is 23.9 Å². The fourth-order valence-electron chi connectivity index (χ4n) is 6.17. The number of nitrogens with two attached hydrogens (primary N) is 1. The zero-order valence-electron chi connectivity index (χ0n) is 30.1. The normalized spacial score (nSPS) is 19.5. The number of benzene rings is 2. The third kappa shape index (κ3) is 9.72. The molecule has 2 heterocycles. The highest BCUT2D eigenvalue weighted by Crippen LogP contribution is 2.31. The van der Waals surface area contributed by atoms with E-state index in [1.807, 2.05) is 71.9 Å². The first-order valence-electron chi connectivity index (χ1n) is 17.9. The Hall–Kier alpha value is -3.77. The van der Waals surface area contributed by atoms with Gasteiger partial charge in [-0.2, -0.15) is 0 Å². The second-order valence-electron chi connectivity index (χ2n) is 14.4. The second-order valence-corrected chi connectivity index (χ2v) is 15.6.